The predicted molar refractivity (Wildman–Crippen MR) is 190 cm³/mol. The molecule has 0 saturated heterocycles. The van der Waals surface area contributed by atoms with E-state index in [0.717, 1.165) is 27.4 Å². The van der Waals surface area contributed by atoms with Gasteiger partial charge in [0.25, 0.3) is 0 Å². The second-order valence-corrected chi connectivity index (χ2v) is 10.7. The van der Waals surface area contributed by atoms with Crippen LogP contribution < -0.4 is 34.1 Å². The van der Waals surface area contributed by atoms with Gasteiger partial charge in [-0.1, -0.05) is 35.5 Å². The quantitative estimate of drug-likeness (QED) is 0.187. The molecule has 0 fully saturated rings. The maximum absolute atomic E-state index is 13.0. The van der Waals surface area contributed by atoms with Gasteiger partial charge in [-0.15, -0.1) is 0 Å². The monoisotopic (exact) mass is 744 g/mol. The van der Waals surface area contributed by atoms with Crippen LogP contribution >= 0.6 is 0 Å². The van der Waals surface area contributed by atoms with Crippen molar-refractivity contribution in [3.8, 4) is 71.0 Å². The van der Waals surface area contributed by atoms with Crippen molar-refractivity contribution in [1.29, 1.82) is 0 Å². The normalized spacial score (nSPS) is 14.6. The molecule has 282 valence electrons. The molecule has 0 N–H and O–H groups in total. The Kier molecular flexibility index (Phi) is 17.2. The summed E-state index contributed by atoms with van der Waals surface area (Å²) in [4.78, 5) is 77.9. The van der Waals surface area contributed by atoms with E-state index in [1.165, 1.54) is 0 Å². The molecule has 0 radical (unpaired) electrons. The third kappa shape index (κ3) is 12.3. The second kappa shape index (κ2) is 22.8. The first kappa shape index (κ1) is 40.7. The van der Waals surface area contributed by atoms with E-state index in [-0.39, 0.29) is 119 Å². The van der Waals surface area contributed by atoms with Gasteiger partial charge in [0.05, 0.1) is 78.9 Å². The minimum absolute atomic E-state index is 0.0156. The van der Waals surface area contributed by atoms with Crippen LogP contribution in [0.4, 0.5) is 0 Å². The Labute approximate surface area is 308 Å². The van der Waals surface area contributed by atoms with Crippen LogP contribution in [0.3, 0.4) is 0 Å². The first-order valence-corrected chi connectivity index (χ1v) is 16.6. The Morgan fingerprint density at radius 2 is 0.759 bits per heavy atom. The lowest BCUT2D eigenvalue weighted by Crippen LogP contribution is -2.55. The number of nitrogens with zero attached hydrogens (tertiary/aromatic N) is 6. The zero-order chi connectivity index (χ0) is 38.4. The van der Waals surface area contributed by atoms with Crippen LogP contribution in [0, 0.1) is 71.0 Å². The average Bonchev–Trinajstić information content (AvgIpc) is 3.17. The molecule has 18 nitrogen and oxygen atoms in total. The van der Waals surface area contributed by atoms with Gasteiger partial charge in [-0.3, -0.25) is 0 Å². The molecule has 0 saturated carbocycles. The highest BCUT2D eigenvalue weighted by atomic mass is 16.5. The van der Waals surface area contributed by atoms with Gasteiger partial charge in [-0.05, 0) is 35.5 Å². The molecule has 0 aromatic carbocycles. The van der Waals surface area contributed by atoms with Crippen molar-refractivity contribution in [3.05, 3.63) is 62.9 Å². The van der Waals surface area contributed by atoms with E-state index in [9.17, 15) is 28.8 Å². The summed E-state index contributed by atoms with van der Waals surface area (Å²) >= 11 is 0. The molecule has 0 unspecified atom stereocenters. The summed E-state index contributed by atoms with van der Waals surface area (Å²) in [5.74, 6) is 31.7. The molecule has 18 heteroatoms. The fraction of sp³-hybridized carbons (Fsp3) is 0.500. The molecule has 4 bridgehead atoms. The molecule has 2 aliphatic heterocycles. The van der Waals surface area contributed by atoms with Gasteiger partial charge in [0.2, 0.25) is 0 Å². The summed E-state index contributed by atoms with van der Waals surface area (Å²) in [5, 5.41) is 0. The van der Waals surface area contributed by atoms with Crippen LogP contribution in [0.5, 0.6) is 0 Å². The summed E-state index contributed by atoms with van der Waals surface area (Å²) in [5.41, 5.74) is -4.76. The fourth-order valence-corrected chi connectivity index (χ4v) is 4.67. The predicted octanol–water partition coefficient (Wildman–Crippen LogP) is -4.50. The number of fused-ring (bicyclic) bond motifs is 4. The van der Waals surface area contributed by atoms with Gasteiger partial charge in [0.15, 0.2) is 0 Å². The number of rotatable bonds is 8. The van der Waals surface area contributed by atoms with E-state index in [2.05, 4.69) is 71.0 Å². The van der Waals surface area contributed by atoms with Gasteiger partial charge in [-0.25, -0.2) is 56.2 Å². The van der Waals surface area contributed by atoms with Crippen LogP contribution in [0.15, 0.2) is 28.8 Å². The Morgan fingerprint density at radius 3 is 1.06 bits per heavy atom. The smallest absolute Gasteiger partial charge is 0.336 e. The van der Waals surface area contributed by atoms with Crippen molar-refractivity contribution >= 4 is 0 Å². The highest BCUT2D eigenvalue weighted by Crippen LogP contribution is 1.87. The van der Waals surface area contributed by atoms with E-state index >= 15 is 0 Å². The Bertz CT molecular complexity index is 2100. The van der Waals surface area contributed by atoms with Crippen molar-refractivity contribution in [2.75, 3.05) is 79.3 Å². The molecular formula is C36H36N6O12. The molecule has 4 heterocycles. The fourth-order valence-electron chi connectivity index (χ4n) is 4.67. The van der Waals surface area contributed by atoms with Crippen molar-refractivity contribution < 1.29 is 28.4 Å². The third-order valence-electron chi connectivity index (χ3n) is 7.29. The first-order valence-electron chi connectivity index (χ1n) is 16.6. The van der Waals surface area contributed by atoms with Crippen LogP contribution in [0.25, 0.3) is 0 Å². The Hall–Kier alpha value is -6.06. The maximum atomic E-state index is 13.0. The zero-order valence-corrected chi connectivity index (χ0v) is 29.3. The number of aromatic nitrogens is 6. The maximum Gasteiger partial charge on any atom is 0.336 e. The molecule has 54 heavy (non-hydrogen) atoms. The molecular weight excluding hydrogens is 708 g/mol. The Morgan fingerprint density at radius 1 is 0.463 bits per heavy atom. The molecule has 0 aliphatic carbocycles. The van der Waals surface area contributed by atoms with Gasteiger partial charge in [0.1, 0.15) is 39.6 Å². The minimum atomic E-state index is -0.801. The van der Waals surface area contributed by atoms with E-state index in [1.807, 2.05) is 0 Å². The molecule has 0 amide bonds. The highest BCUT2D eigenvalue weighted by molar-refractivity contribution is 5.27. The average molecular weight is 745 g/mol. The van der Waals surface area contributed by atoms with Crippen LogP contribution in [0.1, 0.15) is 0 Å². The summed E-state index contributed by atoms with van der Waals surface area (Å²) in [6, 6.07) is 0. The number of hydrogen-bond donors (Lipinski definition) is 0. The van der Waals surface area contributed by atoms with Crippen LogP contribution in [-0.2, 0) is 67.7 Å². The van der Waals surface area contributed by atoms with Gasteiger partial charge >= 0.3 is 34.1 Å². The molecule has 2 aromatic heterocycles. The lowest BCUT2D eigenvalue weighted by molar-refractivity contribution is 0.140. The minimum Gasteiger partial charge on any atom is -0.367 e. The van der Waals surface area contributed by atoms with E-state index < -0.39 is 34.1 Å². The van der Waals surface area contributed by atoms with Gasteiger partial charge < -0.3 is 28.4 Å². The van der Waals surface area contributed by atoms with Crippen molar-refractivity contribution in [2.45, 2.75) is 39.3 Å². The largest absolute Gasteiger partial charge is 0.367 e. The molecule has 0 atom stereocenters. The number of ether oxygens (including phenoxy) is 6. The molecule has 2 aliphatic rings. The van der Waals surface area contributed by atoms with E-state index in [4.69, 9.17) is 28.4 Å². The number of hydrogen-bond acceptors (Lipinski definition) is 12. The summed E-state index contributed by atoms with van der Waals surface area (Å²) in [6.45, 7) is -0.628. The zero-order valence-electron chi connectivity index (χ0n) is 29.3. The topological polar surface area (TPSA) is 187 Å². The summed E-state index contributed by atoms with van der Waals surface area (Å²) in [7, 11) is 0. The second-order valence-electron chi connectivity index (χ2n) is 10.7. The van der Waals surface area contributed by atoms with E-state index in [0.29, 0.717) is 0 Å². The molecule has 2 aromatic rings. The van der Waals surface area contributed by atoms with Gasteiger partial charge in [0, 0.05) is 0 Å². The first-order chi connectivity index (χ1) is 26.4. The third-order valence-corrected chi connectivity index (χ3v) is 7.29. The summed E-state index contributed by atoms with van der Waals surface area (Å²) in [6.07, 6.45) is 0. The SMILES string of the molecule is O=c1n(CCOCC#CC#CCOCCn2c(=O)n3c(=O)n(c2=O)CCOCC#CC#CCOCC3)c(=O)n2c(=O)n1CCOCC#CC#CCOCC2. The Balaban J connectivity index is 1.27. The molecule has 0 spiro atoms. The lowest BCUT2D eigenvalue weighted by atomic mass is 10.5. The molecule has 4 rings (SSSR count). The van der Waals surface area contributed by atoms with E-state index in [1.54, 1.807) is 0 Å². The lowest BCUT2D eigenvalue weighted by Gasteiger charge is -2.14. The van der Waals surface area contributed by atoms with Gasteiger partial charge in [-0.2, -0.15) is 0 Å². The summed E-state index contributed by atoms with van der Waals surface area (Å²) < 4.78 is 37.8. The van der Waals surface area contributed by atoms with Crippen molar-refractivity contribution in [3.63, 3.8) is 0 Å². The van der Waals surface area contributed by atoms with Crippen LogP contribution in [-0.4, -0.2) is 107 Å². The highest BCUT2D eigenvalue weighted by Gasteiger charge is 2.17. The van der Waals surface area contributed by atoms with Crippen LogP contribution in [0.2, 0.25) is 0 Å². The standard InChI is InChI=1S/C36H36N6O12/c43-31-37-13-25-49-19-7-1-2-8-20-50-26-14-38(31)34(46)41(33(37)45)17-29-53-23-11-5-6-12-24-54-30-18-42-35(47)39-15-27-51-21-9-3-4-10-22-52-28-16-40(32(39)44)36(42)48/h13-30H2. The van der Waals surface area contributed by atoms with Crippen molar-refractivity contribution in [1.82, 2.24) is 27.4 Å². The van der Waals surface area contributed by atoms with Crippen molar-refractivity contribution in [2.24, 2.45) is 0 Å².